The van der Waals surface area contributed by atoms with Crippen LogP contribution in [0.15, 0.2) is 47.8 Å². The predicted octanol–water partition coefficient (Wildman–Crippen LogP) is 4.60. The first-order valence-electron chi connectivity index (χ1n) is 6.39. The number of hydrogen-bond acceptors (Lipinski definition) is 2. The number of rotatable bonds is 2. The maximum atomic E-state index is 10.7. The van der Waals surface area contributed by atoms with E-state index in [1.165, 1.54) is 10.9 Å². The molecule has 1 N–H and O–H groups in total. The van der Waals surface area contributed by atoms with Crippen LogP contribution in [-0.4, -0.2) is 5.11 Å². The van der Waals surface area contributed by atoms with E-state index in [1.807, 2.05) is 30.5 Å². The van der Waals surface area contributed by atoms with Gasteiger partial charge < -0.3 is 5.11 Å². The third-order valence-electron chi connectivity index (χ3n) is 3.62. The highest BCUT2D eigenvalue weighted by molar-refractivity contribution is 7.10. The topological polar surface area (TPSA) is 20.2 Å². The number of aliphatic hydroxyl groups excluding tert-OH is 1. The molecular formula is C17H16OS. The largest absolute Gasteiger partial charge is 0.383 e. The highest BCUT2D eigenvalue weighted by Gasteiger charge is 2.17. The van der Waals surface area contributed by atoms with Crippen molar-refractivity contribution >= 4 is 22.1 Å². The molecule has 19 heavy (non-hydrogen) atoms. The van der Waals surface area contributed by atoms with E-state index >= 15 is 0 Å². The Morgan fingerprint density at radius 1 is 0.895 bits per heavy atom. The Labute approximate surface area is 117 Å². The summed E-state index contributed by atoms with van der Waals surface area (Å²) < 4.78 is 0. The number of fused-ring (bicyclic) bond motifs is 1. The summed E-state index contributed by atoms with van der Waals surface area (Å²) in [7, 11) is 0. The number of thiophene rings is 1. The zero-order chi connectivity index (χ0) is 13.4. The van der Waals surface area contributed by atoms with E-state index in [1.54, 1.807) is 11.3 Å². The standard InChI is InChI=1S/C17H16OS/c1-11-7-8-15(14-6-4-3-5-13(11)14)16(18)17-12(2)9-10-19-17/h3-10,16,18H,1-2H3. The molecule has 1 nitrogen and oxygen atoms in total. The first-order chi connectivity index (χ1) is 9.18. The number of hydrogen-bond donors (Lipinski definition) is 1. The quantitative estimate of drug-likeness (QED) is 0.720. The minimum atomic E-state index is -0.537. The molecule has 0 aliphatic carbocycles. The van der Waals surface area contributed by atoms with Crippen molar-refractivity contribution < 1.29 is 5.11 Å². The van der Waals surface area contributed by atoms with E-state index in [0.717, 1.165) is 21.4 Å². The van der Waals surface area contributed by atoms with Crippen molar-refractivity contribution in [2.75, 3.05) is 0 Å². The molecule has 1 heterocycles. The van der Waals surface area contributed by atoms with Gasteiger partial charge >= 0.3 is 0 Å². The molecule has 3 rings (SSSR count). The van der Waals surface area contributed by atoms with Gasteiger partial charge in [0.15, 0.2) is 0 Å². The molecule has 0 aliphatic heterocycles. The zero-order valence-electron chi connectivity index (χ0n) is 11.1. The summed E-state index contributed by atoms with van der Waals surface area (Å²) in [6, 6.07) is 14.5. The van der Waals surface area contributed by atoms with Gasteiger partial charge in [0.2, 0.25) is 0 Å². The molecule has 0 saturated heterocycles. The van der Waals surface area contributed by atoms with Gasteiger partial charge in [0.1, 0.15) is 6.10 Å². The fourth-order valence-electron chi connectivity index (χ4n) is 2.52. The Balaban J connectivity index is 2.21. The molecule has 0 bridgehead atoms. The molecule has 0 saturated carbocycles. The SMILES string of the molecule is Cc1ccsc1C(O)c1ccc(C)c2ccccc12. The van der Waals surface area contributed by atoms with Crippen LogP contribution in [0.5, 0.6) is 0 Å². The van der Waals surface area contributed by atoms with Crippen molar-refractivity contribution in [1.82, 2.24) is 0 Å². The maximum absolute atomic E-state index is 10.7. The van der Waals surface area contributed by atoms with Gasteiger partial charge in [-0.25, -0.2) is 0 Å². The average Bonchev–Trinajstić information content (AvgIpc) is 2.85. The van der Waals surface area contributed by atoms with Crippen molar-refractivity contribution in [1.29, 1.82) is 0 Å². The third-order valence-corrected chi connectivity index (χ3v) is 4.69. The summed E-state index contributed by atoms with van der Waals surface area (Å²) in [4.78, 5) is 1.04. The molecule has 1 atom stereocenters. The Bertz CT molecular complexity index is 727. The van der Waals surface area contributed by atoms with Crippen LogP contribution in [0.3, 0.4) is 0 Å². The Morgan fingerprint density at radius 3 is 2.32 bits per heavy atom. The van der Waals surface area contributed by atoms with Crippen molar-refractivity contribution in [2.45, 2.75) is 20.0 Å². The third kappa shape index (κ3) is 2.07. The lowest BCUT2D eigenvalue weighted by Gasteiger charge is -2.15. The fourth-order valence-corrected chi connectivity index (χ4v) is 3.45. The van der Waals surface area contributed by atoms with E-state index in [0.29, 0.717) is 0 Å². The summed E-state index contributed by atoms with van der Waals surface area (Å²) in [5, 5.41) is 15.1. The van der Waals surface area contributed by atoms with Crippen molar-refractivity contribution in [2.24, 2.45) is 0 Å². The van der Waals surface area contributed by atoms with Gasteiger partial charge in [-0.05, 0) is 52.8 Å². The van der Waals surface area contributed by atoms with Crippen LogP contribution in [0.25, 0.3) is 10.8 Å². The lowest BCUT2D eigenvalue weighted by Crippen LogP contribution is -2.00. The summed E-state index contributed by atoms with van der Waals surface area (Å²) in [5.41, 5.74) is 3.39. The Kier molecular flexibility index (Phi) is 3.13. The monoisotopic (exact) mass is 268 g/mol. The van der Waals surface area contributed by atoms with Gasteiger partial charge in [-0.15, -0.1) is 11.3 Å². The minimum absolute atomic E-state index is 0.537. The zero-order valence-corrected chi connectivity index (χ0v) is 11.9. The minimum Gasteiger partial charge on any atom is -0.383 e. The lowest BCUT2D eigenvalue weighted by molar-refractivity contribution is 0.225. The fraction of sp³-hybridized carbons (Fsp3) is 0.176. The van der Waals surface area contributed by atoms with Crippen molar-refractivity contribution in [3.63, 3.8) is 0 Å². The predicted molar refractivity (Wildman–Crippen MR) is 81.8 cm³/mol. The van der Waals surface area contributed by atoms with E-state index in [2.05, 4.69) is 31.2 Å². The molecule has 0 radical (unpaired) electrons. The second-order valence-electron chi connectivity index (χ2n) is 4.89. The molecule has 0 amide bonds. The van der Waals surface area contributed by atoms with Gasteiger partial charge in [-0.2, -0.15) is 0 Å². The van der Waals surface area contributed by atoms with Gasteiger partial charge in [0.05, 0.1) is 0 Å². The van der Waals surface area contributed by atoms with E-state index in [9.17, 15) is 5.11 Å². The first-order valence-corrected chi connectivity index (χ1v) is 7.27. The highest BCUT2D eigenvalue weighted by atomic mass is 32.1. The number of aliphatic hydroxyl groups is 1. The molecule has 0 fully saturated rings. The summed E-state index contributed by atoms with van der Waals surface area (Å²) >= 11 is 1.62. The molecule has 96 valence electrons. The van der Waals surface area contributed by atoms with Gasteiger partial charge in [0, 0.05) is 4.88 Å². The van der Waals surface area contributed by atoms with Crippen LogP contribution in [0.4, 0.5) is 0 Å². The van der Waals surface area contributed by atoms with Gasteiger partial charge in [-0.1, -0.05) is 36.4 Å². The van der Waals surface area contributed by atoms with Gasteiger partial charge in [0.25, 0.3) is 0 Å². The van der Waals surface area contributed by atoms with Crippen LogP contribution in [0.2, 0.25) is 0 Å². The average molecular weight is 268 g/mol. The van der Waals surface area contributed by atoms with Crippen LogP contribution >= 0.6 is 11.3 Å². The lowest BCUT2D eigenvalue weighted by atomic mass is 9.96. The van der Waals surface area contributed by atoms with E-state index in [-0.39, 0.29) is 0 Å². The van der Waals surface area contributed by atoms with E-state index < -0.39 is 6.10 Å². The maximum Gasteiger partial charge on any atom is 0.114 e. The summed E-state index contributed by atoms with van der Waals surface area (Å²) in [5.74, 6) is 0. The number of aryl methyl sites for hydroxylation is 2. The summed E-state index contributed by atoms with van der Waals surface area (Å²) in [6.45, 7) is 4.15. The van der Waals surface area contributed by atoms with Gasteiger partial charge in [-0.3, -0.25) is 0 Å². The molecule has 1 unspecified atom stereocenters. The second-order valence-corrected chi connectivity index (χ2v) is 5.84. The smallest absolute Gasteiger partial charge is 0.114 e. The van der Waals surface area contributed by atoms with Crippen LogP contribution in [0.1, 0.15) is 27.7 Å². The van der Waals surface area contributed by atoms with Crippen LogP contribution in [-0.2, 0) is 0 Å². The second kappa shape index (κ2) is 4.80. The van der Waals surface area contributed by atoms with Crippen molar-refractivity contribution in [3.8, 4) is 0 Å². The molecule has 2 heteroatoms. The Morgan fingerprint density at radius 2 is 1.63 bits per heavy atom. The molecule has 0 spiro atoms. The van der Waals surface area contributed by atoms with E-state index in [4.69, 9.17) is 0 Å². The molecule has 3 aromatic rings. The molecular weight excluding hydrogens is 252 g/mol. The molecule has 1 aromatic heterocycles. The normalized spacial score (nSPS) is 12.8. The Hall–Kier alpha value is -1.64. The van der Waals surface area contributed by atoms with Crippen molar-refractivity contribution in [3.05, 3.63) is 69.4 Å². The molecule has 0 aliphatic rings. The molecule has 2 aromatic carbocycles. The van der Waals surface area contributed by atoms with Crippen LogP contribution in [0, 0.1) is 13.8 Å². The number of benzene rings is 2. The van der Waals surface area contributed by atoms with Crippen LogP contribution < -0.4 is 0 Å². The first kappa shape index (κ1) is 12.4. The summed E-state index contributed by atoms with van der Waals surface area (Å²) in [6.07, 6.45) is -0.537. The highest BCUT2D eigenvalue weighted by Crippen LogP contribution is 2.34.